The first kappa shape index (κ1) is 53.7. The van der Waals surface area contributed by atoms with Crippen LogP contribution in [-0.4, -0.2) is 76.1 Å². The van der Waals surface area contributed by atoms with Crippen LogP contribution in [0.2, 0.25) is 0 Å². The molecule has 0 bridgehead atoms. The van der Waals surface area contributed by atoms with Crippen LogP contribution in [0.25, 0.3) is 0 Å². The van der Waals surface area contributed by atoms with Crippen molar-refractivity contribution in [3.05, 3.63) is 153 Å². The maximum Gasteiger partial charge on any atom is 0.187 e. The Morgan fingerprint density at radius 1 is 0.603 bits per heavy atom. The lowest BCUT2D eigenvalue weighted by Gasteiger charge is -2.41. The lowest BCUT2D eigenvalue weighted by Crippen LogP contribution is -2.59. The molecule has 7 atom stereocenters. The van der Waals surface area contributed by atoms with Gasteiger partial charge in [-0.05, 0) is 128 Å². The fourth-order valence-corrected chi connectivity index (χ4v) is 8.85. The Balaban J connectivity index is 1.51. The third-order valence-corrected chi connectivity index (χ3v) is 13.5. The zero-order chi connectivity index (χ0) is 46.9. The number of allylic oxidation sites excluding steroid dienone is 24. The quantitative estimate of drug-likeness (QED) is 0.0648. The van der Waals surface area contributed by atoms with Gasteiger partial charge in [0.1, 0.15) is 24.4 Å². The van der Waals surface area contributed by atoms with Crippen LogP contribution in [0.1, 0.15) is 122 Å². The van der Waals surface area contributed by atoms with Gasteiger partial charge in [-0.15, -0.1) is 0 Å². The second-order valence-electron chi connectivity index (χ2n) is 19.5. The molecule has 7 nitrogen and oxygen atoms in total. The van der Waals surface area contributed by atoms with E-state index in [9.17, 15) is 25.5 Å². The molecule has 5 N–H and O–H groups in total. The molecule has 1 saturated heterocycles. The monoisotopic (exact) mass is 867 g/mol. The third-order valence-electron chi connectivity index (χ3n) is 13.5. The summed E-state index contributed by atoms with van der Waals surface area (Å²) >= 11 is 0. The molecule has 3 aliphatic rings. The molecule has 7 unspecified atom stereocenters. The van der Waals surface area contributed by atoms with Crippen LogP contribution < -0.4 is 0 Å². The van der Waals surface area contributed by atoms with Crippen molar-refractivity contribution in [3.63, 3.8) is 0 Å². The van der Waals surface area contributed by atoms with Crippen molar-refractivity contribution in [2.45, 2.75) is 152 Å². The molecule has 0 aromatic carbocycles. The number of aliphatic hydroxyl groups is 5. The Bertz CT molecular complexity index is 1930. The Hall–Kier alpha value is -3.66. The smallest absolute Gasteiger partial charge is 0.187 e. The Kier molecular flexibility index (Phi) is 21.9. The fourth-order valence-electron chi connectivity index (χ4n) is 8.85. The van der Waals surface area contributed by atoms with Crippen molar-refractivity contribution in [1.82, 2.24) is 0 Å². The first-order valence-electron chi connectivity index (χ1n) is 23.0. The SMILES string of the molecule is CC(C=CC=C(C)C=CC1=C(C)CCC(CC=C(C)CO)C1(C)C)=CC=CC=C(C)C=CC=C(C)C=CC1=C(C)CCC(CC=C(C)COC2OC(CO)C(O)C(O)C2O)C1(C)C. The molecule has 1 fully saturated rings. The maximum atomic E-state index is 10.3. The van der Waals surface area contributed by atoms with E-state index in [-0.39, 0.29) is 24.0 Å². The van der Waals surface area contributed by atoms with Crippen LogP contribution in [0.3, 0.4) is 0 Å². The molecule has 1 aliphatic heterocycles. The van der Waals surface area contributed by atoms with Gasteiger partial charge in [0.15, 0.2) is 6.29 Å². The van der Waals surface area contributed by atoms with E-state index in [1.54, 1.807) is 0 Å². The van der Waals surface area contributed by atoms with Crippen LogP contribution in [0.4, 0.5) is 0 Å². The number of hydrogen-bond donors (Lipinski definition) is 5. The summed E-state index contributed by atoms with van der Waals surface area (Å²) in [6.45, 7) is 26.2. The van der Waals surface area contributed by atoms with E-state index in [4.69, 9.17) is 9.47 Å². The predicted octanol–water partition coefficient (Wildman–Crippen LogP) is 11.5. The third kappa shape index (κ3) is 16.4. The normalized spacial score (nSPS) is 28.7. The Morgan fingerprint density at radius 3 is 1.48 bits per heavy atom. The summed E-state index contributed by atoms with van der Waals surface area (Å²) < 4.78 is 11.3. The maximum absolute atomic E-state index is 10.3. The van der Waals surface area contributed by atoms with E-state index in [1.165, 1.54) is 45.4 Å². The van der Waals surface area contributed by atoms with E-state index < -0.39 is 37.3 Å². The van der Waals surface area contributed by atoms with Gasteiger partial charge in [-0.2, -0.15) is 0 Å². The first-order chi connectivity index (χ1) is 29.7. The van der Waals surface area contributed by atoms with Crippen molar-refractivity contribution >= 4 is 0 Å². The van der Waals surface area contributed by atoms with Gasteiger partial charge in [0.2, 0.25) is 0 Å². The topological polar surface area (TPSA) is 120 Å². The van der Waals surface area contributed by atoms with Gasteiger partial charge >= 0.3 is 0 Å². The van der Waals surface area contributed by atoms with Gasteiger partial charge in [0, 0.05) is 0 Å². The van der Waals surface area contributed by atoms with Gasteiger partial charge in [0.25, 0.3) is 0 Å². The van der Waals surface area contributed by atoms with Crippen LogP contribution in [0.15, 0.2) is 153 Å². The molecule has 0 amide bonds. The molecule has 63 heavy (non-hydrogen) atoms. The minimum atomic E-state index is -1.45. The van der Waals surface area contributed by atoms with Crippen molar-refractivity contribution in [1.29, 1.82) is 0 Å². The highest BCUT2D eigenvalue weighted by Gasteiger charge is 2.44. The molecule has 0 aromatic heterocycles. The molecular weight excluding hydrogens is 785 g/mol. The molecule has 2 aliphatic carbocycles. The zero-order valence-corrected chi connectivity index (χ0v) is 40.7. The van der Waals surface area contributed by atoms with E-state index in [0.29, 0.717) is 11.8 Å². The molecule has 7 heteroatoms. The van der Waals surface area contributed by atoms with Gasteiger partial charge in [-0.25, -0.2) is 0 Å². The minimum absolute atomic E-state index is 0.0288. The largest absolute Gasteiger partial charge is 0.394 e. The zero-order valence-electron chi connectivity index (χ0n) is 40.7. The van der Waals surface area contributed by atoms with Crippen LogP contribution in [0, 0.1) is 22.7 Å². The summed E-state index contributed by atoms with van der Waals surface area (Å²) in [4.78, 5) is 0. The Labute approximate surface area is 381 Å². The average Bonchev–Trinajstić information content (AvgIpc) is 3.22. The van der Waals surface area contributed by atoms with Crippen molar-refractivity contribution in [2.24, 2.45) is 22.7 Å². The summed E-state index contributed by atoms with van der Waals surface area (Å²) in [6.07, 6.45) is 34.6. The summed E-state index contributed by atoms with van der Waals surface area (Å²) in [7, 11) is 0. The van der Waals surface area contributed by atoms with Crippen molar-refractivity contribution < 1.29 is 35.0 Å². The van der Waals surface area contributed by atoms with Crippen LogP contribution in [-0.2, 0) is 9.47 Å². The molecule has 3 rings (SSSR count). The molecular formula is C56H82O7. The second-order valence-corrected chi connectivity index (χ2v) is 19.5. The highest BCUT2D eigenvalue weighted by molar-refractivity contribution is 5.40. The number of hydrogen-bond acceptors (Lipinski definition) is 7. The van der Waals surface area contributed by atoms with Crippen molar-refractivity contribution in [2.75, 3.05) is 19.8 Å². The summed E-state index contributed by atoms with van der Waals surface area (Å²) in [5.74, 6) is 0.999. The minimum Gasteiger partial charge on any atom is -0.394 e. The first-order valence-corrected chi connectivity index (χ1v) is 23.0. The fraction of sp³-hybridized carbons (Fsp3) is 0.536. The van der Waals surface area contributed by atoms with E-state index in [0.717, 1.165) is 48.8 Å². The van der Waals surface area contributed by atoms with E-state index in [2.05, 4.69) is 166 Å². The highest BCUT2D eigenvalue weighted by Crippen LogP contribution is 2.48. The summed E-state index contributed by atoms with van der Waals surface area (Å²) in [5, 5.41) is 49.3. The highest BCUT2D eigenvalue weighted by atomic mass is 16.7. The molecule has 1 heterocycles. The lowest BCUT2D eigenvalue weighted by atomic mass is 9.64. The summed E-state index contributed by atoms with van der Waals surface area (Å²) in [6, 6.07) is 0. The number of rotatable bonds is 19. The van der Waals surface area contributed by atoms with Crippen LogP contribution in [0.5, 0.6) is 0 Å². The molecule has 0 radical (unpaired) electrons. The summed E-state index contributed by atoms with van der Waals surface area (Å²) in [5.41, 5.74) is 12.6. The molecule has 0 spiro atoms. The Morgan fingerprint density at radius 2 is 1.03 bits per heavy atom. The van der Waals surface area contributed by atoms with E-state index in [1.807, 2.05) is 13.8 Å². The predicted molar refractivity (Wildman–Crippen MR) is 263 cm³/mol. The van der Waals surface area contributed by atoms with E-state index >= 15 is 0 Å². The second kappa shape index (κ2) is 25.7. The molecule has 348 valence electrons. The van der Waals surface area contributed by atoms with Gasteiger partial charge in [-0.3, -0.25) is 0 Å². The van der Waals surface area contributed by atoms with Gasteiger partial charge < -0.3 is 35.0 Å². The molecule has 0 saturated carbocycles. The number of ether oxygens (including phenoxy) is 2. The standard InChI is InChI=1S/C56H82O7/c1-38(19-15-21-40(3)25-33-48-44(7)27-31-46(55(48,9)10)29-23-42(5)35-57)17-13-14-18-39(2)20-16-22-41(4)26-34-49-45(8)28-32-47(56(49,11)12)30-24-43(6)37-62-54-53(61)52(60)51(59)50(36-58)63-54/h13-26,33-34,46-47,50-54,57-61H,27-32,35-37H2,1-12H3. The van der Waals surface area contributed by atoms with Gasteiger partial charge in [0.05, 0.1) is 19.8 Å². The van der Waals surface area contributed by atoms with Crippen molar-refractivity contribution in [3.8, 4) is 0 Å². The lowest BCUT2D eigenvalue weighted by molar-refractivity contribution is -0.299. The van der Waals surface area contributed by atoms with Crippen LogP contribution >= 0.6 is 0 Å². The number of aliphatic hydroxyl groups excluding tert-OH is 5. The molecule has 0 aromatic rings. The average molecular weight is 867 g/mol. The van der Waals surface area contributed by atoms with Gasteiger partial charge in [-0.1, -0.05) is 169 Å².